The summed E-state index contributed by atoms with van der Waals surface area (Å²) in [6.07, 6.45) is 0. The van der Waals surface area contributed by atoms with Crippen LogP contribution in [0.3, 0.4) is 0 Å². The Kier molecular flexibility index (Phi) is 6.99. The van der Waals surface area contributed by atoms with Crippen molar-refractivity contribution in [2.24, 2.45) is 0 Å². The van der Waals surface area contributed by atoms with E-state index in [0.29, 0.717) is 45.6 Å². The number of nitrogens with one attached hydrogen (secondary N) is 1. The summed E-state index contributed by atoms with van der Waals surface area (Å²) in [5, 5.41) is 2.87. The van der Waals surface area contributed by atoms with Gasteiger partial charge in [0.05, 0.1) is 32.4 Å². The Morgan fingerprint density at radius 2 is 1.77 bits per heavy atom. The lowest BCUT2D eigenvalue weighted by Crippen LogP contribution is -2.27. The van der Waals surface area contributed by atoms with E-state index in [9.17, 15) is 13.6 Å². The number of carbonyl (C=O) groups is 1. The molecule has 3 aromatic rings. The van der Waals surface area contributed by atoms with Crippen LogP contribution in [0, 0.1) is 0 Å². The first kappa shape index (κ1) is 21.7. The summed E-state index contributed by atoms with van der Waals surface area (Å²) in [4.78, 5) is 16.8. The fourth-order valence-corrected chi connectivity index (χ4v) is 3.60. The van der Waals surface area contributed by atoms with Crippen molar-refractivity contribution >= 4 is 28.7 Å². The number of para-hydroxylation sites is 2. The third-order valence-electron chi connectivity index (χ3n) is 4.38. The summed E-state index contributed by atoms with van der Waals surface area (Å²) in [7, 11) is 4.54. The summed E-state index contributed by atoms with van der Waals surface area (Å²) < 4.78 is 43.2. The lowest BCUT2D eigenvalue weighted by atomic mass is 10.1. The molecule has 1 heterocycles. The van der Waals surface area contributed by atoms with E-state index in [1.165, 1.54) is 25.9 Å². The number of methoxy groups -OCH3 is 3. The Morgan fingerprint density at radius 3 is 2.43 bits per heavy atom. The topological polar surface area (TPSA) is 74.6 Å². The molecule has 0 aliphatic heterocycles. The van der Waals surface area contributed by atoms with Gasteiger partial charge in [0.25, 0.3) is 5.76 Å². The quantitative estimate of drug-likeness (QED) is 0.515. The van der Waals surface area contributed by atoms with E-state index in [4.69, 9.17) is 14.2 Å². The predicted molar refractivity (Wildman–Crippen MR) is 110 cm³/mol. The van der Waals surface area contributed by atoms with Crippen LogP contribution in [0.15, 0.2) is 41.6 Å². The third kappa shape index (κ3) is 4.76. The molecule has 1 amide bonds. The highest BCUT2D eigenvalue weighted by Crippen LogP contribution is 2.34. The molecule has 0 spiro atoms. The molecule has 30 heavy (non-hydrogen) atoms. The second kappa shape index (κ2) is 9.66. The van der Waals surface area contributed by atoms with Gasteiger partial charge in [-0.15, -0.1) is 0 Å². The van der Waals surface area contributed by atoms with Crippen molar-refractivity contribution in [3.63, 3.8) is 0 Å². The maximum absolute atomic E-state index is 12.9. The summed E-state index contributed by atoms with van der Waals surface area (Å²) >= 11 is 0.310. The minimum atomic E-state index is -2.64. The standard InChI is InChI=1S/C20H21F2N3O4S/c1-27-15-9-17(29-3)16(28-2)8-12(15)10-23-18(26)11-25-14-7-5-4-6-13(14)24-20(25)30-19(21)22/h4-9,19H,10-11H2,1-3H3,(H,23,26). The van der Waals surface area contributed by atoms with Crippen molar-refractivity contribution in [2.45, 2.75) is 24.0 Å². The maximum Gasteiger partial charge on any atom is 0.291 e. The minimum absolute atomic E-state index is 0.0880. The number of ether oxygens (including phenoxy) is 3. The number of thioether (sulfide) groups is 1. The van der Waals surface area contributed by atoms with Gasteiger partial charge in [-0.1, -0.05) is 12.1 Å². The van der Waals surface area contributed by atoms with E-state index >= 15 is 0 Å². The number of aromatic nitrogens is 2. The van der Waals surface area contributed by atoms with Crippen LogP contribution in [0.2, 0.25) is 0 Å². The molecule has 7 nitrogen and oxygen atoms in total. The summed E-state index contributed by atoms with van der Waals surface area (Å²) in [5.74, 6) is -1.47. The highest BCUT2D eigenvalue weighted by atomic mass is 32.2. The molecular weight excluding hydrogens is 416 g/mol. The van der Waals surface area contributed by atoms with Crippen molar-refractivity contribution in [3.05, 3.63) is 42.0 Å². The lowest BCUT2D eigenvalue weighted by molar-refractivity contribution is -0.121. The number of imidazole rings is 1. The van der Waals surface area contributed by atoms with Crippen LogP contribution >= 0.6 is 11.8 Å². The van der Waals surface area contributed by atoms with Crippen LogP contribution in [0.4, 0.5) is 8.78 Å². The first-order chi connectivity index (χ1) is 14.5. The molecule has 2 aromatic carbocycles. The number of hydrogen-bond acceptors (Lipinski definition) is 6. The van der Waals surface area contributed by atoms with Gasteiger partial charge in [-0.25, -0.2) is 4.98 Å². The highest BCUT2D eigenvalue weighted by Gasteiger charge is 2.18. The molecule has 0 saturated carbocycles. The normalized spacial score (nSPS) is 11.0. The number of alkyl halides is 2. The maximum atomic E-state index is 12.9. The second-order valence-corrected chi connectivity index (χ2v) is 7.10. The first-order valence-electron chi connectivity index (χ1n) is 8.92. The molecule has 0 unspecified atom stereocenters. The molecule has 1 N–H and O–H groups in total. The fourth-order valence-electron chi connectivity index (χ4n) is 3.00. The highest BCUT2D eigenvalue weighted by molar-refractivity contribution is 7.99. The lowest BCUT2D eigenvalue weighted by Gasteiger charge is -2.15. The Hall–Kier alpha value is -3.01. The van der Waals surface area contributed by atoms with Crippen LogP contribution in [0.1, 0.15) is 5.56 Å². The SMILES string of the molecule is COc1cc(OC)c(OC)cc1CNC(=O)Cn1c(SC(F)F)nc2ccccc21. The minimum Gasteiger partial charge on any atom is -0.496 e. The molecule has 0 bridgehead atoms. The Labute approximate surface area is 176 Å². The first-order valence-corrected chi connectivity index (χ1v) is 9.80. The number of carbonyl (C=O) groups excluding carboxylic acids is 1. The molecule has 1 aromatic heterocycles. The summed E-state index contributed by atoms with van der Waals surface area (Å²) in [5.41, 5.74) is 1.84. The van der Waals surface area contributed by atoms with Crippen molar-refractivity contribution < 1.29 is 27.8 Å². The van der Waals surface area contributed by atoms with Crippen LogP contribution < -0.4 is 19.5 Å². The average Bonchev–Trinajstić information content (AvgIpc) is 3.07. The molecule has 0 fully saturated rings. The van der Waals surface area contributed by atoms with E-state index in [1.807, 2.05) is 0 Å². The fraction of sp³-hybridized carbons (Fsp3) is 0.300. The number of fused-ring (bicyclic) bond motifs is 1. The van der Waals surface area contributed by atoms with Crippen LogP contribution in [0.5, 0.6) is 17.2 Å². The third-order valence-corrected chi connectivity index (χ3v) is 5.08. The van der Waals surface area contributed by atoms with Gasteiger partial charge in [0.15, 0.2) is 16.7 Å². The van der Waals surface area contributed by atoms with Crippen LogP contribution in [0.25, 0.3) is 11.0 Å². The molecule has 10 heteroatoms. The summed E-state index contributed by atoms with van der Waals surface area (Å²) in [6, 6.07) is 10.4. The molecule has 0 atom stereocenters. The van der Waals surface area contributed by atoms with E-state index in [-0.39, 0.29) is 24.2 Å². The molecule has 0 aliphatic rings. The van der Waals surface area contributed by atoms with Crippen molar-refractivity contribution in [1.29, 1.82) is 0 Å². The number of benzene rings is 2. The zero-order valence-corrected chi connectivity index (χ0v) is 17.5. The molecule has 0 radical (unpaired) electrons. The van der Waals surface area contributed by atoms with Crippen molar-refractivity contribution in [3.8, 4) is 17.2 Å². The number of hydrogen-bond donors (Lipinski definition) is 1. The molecule has 0 aliphatic carbocycles. The van der Waals surface area contributed by atoms with E-state index in [2.05, 4.69) is 10.3 Å². The van der Waals surface area contributed by atoms with Gasteiger partial charge >= 0.3 is 0 Å². The molecule has 3 rings (SSSR count). The predicted octanol–water partition coefficient (Wildman–Crippen LogP) is 3.69. The Bertz CT molecular complexity index is 1040. The van der Waals surface area contributed by atoms with E-state index in [0.717, 1.165) is 0 Å². The van der Waals surface area contributed by atoms with Crippen LogP contribution in [-0.4, -0.2) is 42.5 Å². The van der Waals surface area contributed by atoms with Gasteiger partial charge in [-0.2, -0.15) is 8.78 Å². The number of amides is 1. The van der Waals surface area contributed by atoms with E-state index in [1.54, 1.807) is 36.4 Å². The number of rotatable bonds is 9. The molecule has 160 valence electrons. The second-order valence-electron chi connectivity index (χ2n) is 6.14. The van der Waals surface area contributed by atoms with Crippen LogP contribution in [-0.2, 0) is 17.9 Å². The van der Waals surface area contributed by atoms with Gasteiger partial charge < -0.3 is 24.1 Å². The van der Waals surface area contributed by atoms with Gasteiger partial charge in [-0.3, -0.25) is 4.79 Å². The largest absolute Gasteiger partial charge is 0.496 e. The number of nitrogens with zero attached hydrogens (tertiary/aromatic N) is 2. The Morgan fingerprint density at radius 1 is 1.10 bits per heavy atom. The zero-order chi connectivity index (χ0) is 21.7. The average molecular weight is 437 g/mol. The van der Waals surface area contributed by atoms with Crippen molar-refractivity contribution in [1.82, 2.24) is 14.9 Å². The van der Waals surface area contributed by atoms with E-state index < -0.39 is 5.76 Å². The molecular formula is C20H21F2N3O4S. The number of halogens is 2. The Balaban J connectivity index is 1.78. The summed E-state index contributed by atoms with van der Waals surface area (Å²) in [6.45, 7) is 0.0114. The van der Waals surface area contributed by atoms with Gasteiger partial charge in [0.2, 0.25) is 5.91 Å². The monoisotopic (exact) mass is 437 g/mol. The smallest absolute Gasteiger partial charge is 0.291 e. The molecule has 0 saturated heterocycles. The van der Waals surface area contributed by atoms with Crippen molar-refractivity contribution in [2.75, 3.05) is 21.3 Å². The van der Waals surface area contributed by atoms with Gasteiger partial charge in [0.1, 0.15) is 12.3 Å². The zero-order valence-electron chi connectivity index (χ0n) is 16.6. The van der Waals surface area contributed by atoms with Gasteiger partial charge in [0, 0.05) is 18.2 Å². The van der Waals surface area contributed by atoms with Gasteiger partial charge in [-0.05, 0) is 30.0 Å².